The first-order valence-electron chi connectivity index (χ1n) is 8.76. The van der Waals surface area contributed by atoms with Gasteiger partial charge >= 0.3 is 0 Å². The zero-order chi connectivity index (χ0) is 19.1. The number of carbonyl (C=O) groups is 2. The van der Waals surface area contributed by atoms with Crippen LogP contribution in [0.3, 0.4) is 0 Å². The topological polar surface area (TPSA) is 67.4 Å². The van der Waals surface area contributed by atoms with Crippen LogP contribution in [-0.4, -0.2) is 24.5 Å². The second-order valence-electron chi connectivity index (χ2n) is 6.58. The van der Waals surface area contributed by atoms with Crippen LogP contribution >= 0.6 is 0 Å². The van der Waals surface area contributed by atoms with E-state index in [9.17, 15) is 9.59 Å². The van der Waals surface area contributed by atoms with Crippen molar-refractivity contribution >= 4 is 11.8 Å². The van der Waals surface area contributed by atoms with Gasteiger partial charge in [-0.25, -0.2) is 0 Å². The lowest BCUT2D eigenvalue weighted by Gasteiger charge is -2.17. The molecule has 2 rings (SSSR count). The molecule has 5 heteroatoms. The van der Waals surface area contributed by atoms with Gasteiger partial charge in [0, 0.05) is 5.56 Å². The van der Waals surface area contributed by atoms with Crippen LogP contribution < -0.4 is 15.4 Å². The van der Waals surface area contributed by atoms with E-state index >= 15 is 0 Å². The van der Waals surface area contributed by atoms with Crippen LogP contribution in [-0.2, 0) is 4.79 Å². The number of benzene rings is 2. The van der Waals surface area contributed by atoms with Gasteiger partial charge in [-0.3, -0.25) is 9.59 Å². The SMILES string of the molecule is Cc1ccc(C(=O)NCC(=O)NC(C)c2cccc(OC(C)C)c2)cc1. The average molecular weight is 354 g/mol. The van der Waals surface area contributed by atoms with Crippen LogP contribution in [0.2, 0.25) is 0 Å². The molecule has 0 bridgehead atoms. The number of ether oxygens (including phenoxy) is 1. The normalized spacial score (nSPS) is 11.7. The molecule has 2 amide bonds. The Balaban J connectivity index is 1.87. The fourth-order valence-corrected chi connectivity index (χ4v) is 2.47. The van der Waals surface area contributed by atoms with Crippen LogP contribution in [0, 0.1) is 6.92 Å². The molecule has 0 saturated carbocycles. The van der Waals surface area contributed by atoms with Crippen molar-refractivity contribution in [3.63, 3.8) is 0 Å². The number of aryl methyl sites for hydroxylation is 1. The summed E-state index contributed by atoms with van der Waals surface area (Å²) in [5.41, 5.74) is 2.56. The number of amides is 2. The summed E-state index contributed by atoms with van der Waals surface area (Å²) in [6.07, 6.45) is 0.0899. The Hall–Kier alpha value is -2.82. The number of carbonyl (C=O) groups excluding carboxylic acids is 2. The van der Waals surface area contributed by atoms with E-state index in [0.29, 0.717) is 5.56 Å². The predicted molar refractivity (Wildman–Crippen MR) is 102 cm³/mol. The third-order valence-corrected chi connectivity index (χ3v) is 3.83. The molecule has 1 atom stereocenters. The minimum absolute atomic E-state index is 0.0702. The minimum atomic E-state index is -0.264. The maximum atomic E-state index is 12.1. The molecule has 0 radical (unpaired) electrons. The summed E-state index contributed by atoms with van der Waals surface area (Å²) in [6.45, 7) is 7.72. The Kier molecular flexibility index (Phi) is 6.78. The molecule has 2 aromatic carbocycles. The van der Waals surface area contributed by atoms with E-state index in [4.69, 9.17) is 4.74 Å². The predicted octanol–water partition coefficient (Wildman–Crippen LogP) is 3.39. The summed E-state index contributed by atoms with van der Waals surface area (Å²) in [4.78, 5) is 24.2. The molecular formula is C21H26N2O3. The third-order valence-electron chi connectivity index (χ3n) is 3.83. The van der Waals surface area contributed by atoms with Gasteiger partial charge in [0.2, 0.25) is 5.91 Å². The van der Waals surface area contributed by atoms with Crippen LogP contribution in [0.5, 0.6) is 5.75 Å². The first-order chi connectivity index (χ1) is 12.3. The van der Waals surface area contributed by atoms with E-state index in [1.807, 2.05) is 64.1 Å². The molecule has 0 aliphatic heterocycles. The van der Waals surface area contributed by atoms with Crippen molar-refractivity contribution in [3.8, 4) is 5.75 Å². The van der Waals surface area contributed by atoms with Gasteiger partial charge in [-0.2, -0.15) is 0 Å². The fraction of sp³-hybridized carbons (Fsp3) is 0.333. The highest BCUT2D eigenvalue weighted by Crippen LogP contribution is 2.20. The highest BCUT2D eigenvalue weighted by molar-refractivity contribution is 5.96. The molecule has 0 fully saturated rings. The molecular weight excluding hydrogens is 328 g/mol. The number of hydrogen-bond acceptors (Lipinski definition) is 3. The quantitative estimate of drug-likeness (QED) is 0.801. The maximum absolute atomic E-state index is 12.1. The summed E-state index contributed by atoms with van der Waals surface area (Å²) in [5, 5.41) is 5.52. The largest absolute Gasteiger partial charge is 0.491 e. The first-order valence-corrected chi connectivity index (χ1v) is 8.76. The average Bonchev–Trinajstić information content (AvgIpc) is 2.60. The zero-order valence-electron chi connectivity index (χ0n) is 15.7. The molecule has 138 valence electrons. The van der Waals surface area contributed by atoms with Gasteiger partial charge in [-0.1, -0.05) is 29.8 Å². The van der Waals surface area contributed by atoms with Crippen LogP contribution in [0.15, 0.2) is 48.5 Å². The monoisotopic (exact) mass is 354 g/mol. The molecule has 0 aliphatic rings. The van der Waals surface area contributed by atoms with Gasteiger partial charge in [0.05, 0.1) is 18.7 Å². The second kappa shape index (κ2) is 9.04. The Bertz CT molecular complexity index is 754. The first kappa shape index (κ1) is 19.5. The maximum Gasteiger partial charge on any atom is 0.251 e. The molecule has 0 aromatic heterocycles. The van der Waals surface area contributed by atoms with Crippen LogP contribution in [0.25, 0.3) is 0 Å². The van der Waals surface area contributed by atoms with Gasteiger partial charge in [-0.15, -0.1) is 0 Å². The highest BCUT2D eigenvalue weighted by Gasteiger charge is 2.12. The summed E-state index contributed by atoms with van der Waals surface area (Å²) in [6, 6.07) is 14.7. The van der Waals surface area contributed by atoms with E-state index < -0.39 is 0 Å². The molecule has 0 heterocycles. The smallest absolute Gasteiger partial charge is 0.251 e. The lowest BCUT2D eigenvalue weighted by atomic mass is 10.1. The molecule has 0 spiro atoms. The molecule has 1 unspecified atom stereocenters. The van der Waals surface area contributed by atoms with E-state index in [1.54, 1.807) is 12.1 Å². The lowest BCUT2D eigenvalue weighted by molar-refractivity contribution is -0.120. The zero-order valence-corrected chi connectivity index (χ0v) is 15.7. The summed E-state index contributed by atoms with van der Waals surface area (Å²) < 4.78 is 5.68. The Morgan fingerprint density at radius 3 is 2.38 bits per heavy atom. The van der Waals surface area contributed by atoms with Crippen molar-refractivity contribution in [2.75, 3.05) is 6.54 Å². The van der Waals surface area contributed by atoms with E-state index in [1.165, 1.54) is 0 Å². The van der Waals surface area contributed by atoms with Crippen molar-refractivity contribution in [3.05, 3.63) is 65.2 Å². The molecule has 26 heavy (non-hydrogen) atoms. The van der Waals surface area contributed by atoms with Crippen LogP contribution in [0.1, 0.15) is 48.3 Å². The summed E-state index contributed by atoms with van der Waals surface area (Å²) in [5.74, 6) is 0.263. The van der Waals surface area contributed by atoms with Crippen LogP contribution in [0.4, 0.5) is 0 Å². The number of rotatable bonds is 7. The molecule has 0 aliphatic carbocycles. The Labute approximate surface area is 154 Å². The molecule has 2 N–H and O–H groups in total. The lowest BCUT2D eigenvalue weighted by Crippen LogP contribution is -2.38. The molecule has 0 saturated heterocycles. The van der Waals surface area contributed by atoms with E-state index in [0.717, 1.165) is 16.9 Å². The van der Waals surface area contributed by atoms with E-state index in [-0.39, 0.29) is 30.5 Å². The Morgan fingerprint density at radius 2 is 1.73 bits per heavy atom. The van der Waals surface area contributed by atoms with Gasteiger partial charge in [0.25, 0.3) is 5.91 Å². The highest BCUT2D eigenvalue weighted by atomic mass is 16.5. The summed E-state index contributed by atoms with van der Waals surface area (Å²) >= 11 is 0. The molecule has 5 nitrogen and oxygen atoms in total. The van der Waals surface area contributed by atoms with Gasteiger partial charge in [-0.05, 0) is 57.5 Å². The molecule has 2 aromatic rings. The van der Waals surface area contributed by atoms with Gasteiger partial charge < -0.3 is 15.4 Å². The number of nitrogens with one attached hydrogen (secondary N) is 2. The van der Waals surface area contributed by atoms with Crippen molar-refractivity contribution in [1.82, 2.24) is 10.6 Å². The van der Waals surface area contributed by atoms with Crippen molar-refractivity contribution in [2.24, 2.45) is 0 Å². The third kappa shape index (κ3) is 5.92. The van der Waals surface area contributed by atoms with Crippen molar-refractivity contribution in [1.29, 1.82) is 0 Å². The van der Waals surface area contributed by atoms with Crippen molar-refractivity contribution in [2.45, 2.75) is 39.8 Å². The second-order valence-corrected chi connectivity index (χ2v) is 6.58. The minimum Gasteiger partial charge on any atom is -0.491 e. The standard InChI is InChI=1S/C21H26N2O3/c1-14(2)26-19-7-5-6-18(12-19)16(4)23-20(24)13-22-21(25)17-10-8-15(3)9-11-17/h5-12,14,16H,13H2,1-4H3,(H,22,25)(H,23,24). The summed E-state index contributed by atoms with van der Waals surface area (Å²) in [7, 11) is 0. The van der Waals surface area contributed by atoms with E-state index in [2.05, 4.69) is 10.6 Å². The van der Waals surface area contributed by atoms with Gasteiger partial charge in [0.15, 0.2) is 0 Å². The fourth-order valence-electron chi connectivity index (χ4n) is 2.47. The Morgan fingerprint density at radius 1 is 1.04 bits per heavy atom. The van der Waals surface area contributed by atoms with Gasteiger partial charge in [0.1, 0.15) is 5.75 Å². The number of hydrogen-bond donors (Lipinski definition) is 2. The van der Waals surface area contributed by atoms with Crippen molar-refractivity contribution < 1.29 is 14.3 Å².